The lowest BCUT2D eigenvalue weighted by Crippen LogP contribution is -2.27. The first-order chi connectivity index (χ1) is 9.10. The van der Waals surface area contributed by atoms with E-state index in [0.717, 1.165) is 23.2 Å². The Morgan fingerprint density at radius 2 is 2.21 bits per heavy atom. The van der Waals surface area contributed by atoms with Crippen LogP contribution < -0.4 is 5.32 Å². The molecule has 0 saturated heterocycles. The Bertz CT molecular complexity index is 499. The van der Waals surface area contributed by atoms with E-state index in [4.69, 9.17) is 5.11 Å². The van der Waals surface area contributed by atoms with Crippen molar-refractivity contribution in [3.63, 3.8) is 0 Å². The van der Waals surface area contributed by atoms with Gasteiger partial charge < -0.3 is 15.3 Å². The number of aliphatic hydroxyl groups excluding tert-OH is 1. The second-order valence-corrected chi connectivity index (χ2v) is 4.76. The second kappa shape index (κ2) is 5.84. The van der Waals surface area contributed by atoms with Gasteiger partial charge in [-0.05, 0) is 23.6 Å². The molecule has 0 bridgehead atoms. The number of nitrogens with zero attached hydrogens (tertiary/aromatic N) is 1. The number of aryl methyl sites for hydroxylation is 1. The van der Waals surface area contributed by atoms with E-state index in [0.29, 0.717) is 13.0 Å². The molecule has 0 atom stereocenters. The first-order valence-corrected chi connectivity index (χ1v) is 6.36. The van der Waals surface area contributed by atoms with Crippen molar-refractivity contribution in [1.29, 1.82) is 0 Å². The van der Waals surface area contributed by atoms with Crippen molar-refractivity contribution >= 4 is 17.5 Å². The molecule has 1 heterocycles. The Balaban J connectivity index is 2.06. The number of rotatable bonds is 4. The van der Waals surface area contributed by atoms with Crippen molar-refractivity contribution in [2.24, 2.45) is 0 Å². The average Bonchev–Trinajstić information content (AvgIpc) is 2.39. The molecule has 19 heavy (non-hydrogen) atoms. The monoisotopic (exact) mass is 262 g/mol. The third kappa shape index (κ3) is 3.32. The lowest BCUT2D eigenvalue weighted by atomic mass is 10.0. The Morgan fingerprint density at radius 1 is 1.42 bits per heavy atom. The molecule has 1 aromatic rings. The van der Waals surface area contributed by atoms with E-state index in [2.05, 4.69) is 5.32 Å². The van der Waals surface area contributed by atoms with Crippen LogP contribution in [-0.4, -0.2) is 35.5 Å². The Hall–Kier alpha value is -1.88. The van der Waals surface area contributed by atoms with Gasteiger partial charge in [-0.2, -0.15) is 0 Å². The molecule has 0 saturated carbocycles. The number of amides is 2. The van der Waals surface area contributed by atoms with Crippen LogP contribution in [0.1, 0.15) is 24.0 Å². The largest absolute Gasteiger partial charge is 0.396 e. The molecule has 0 aliphatic carbocycles. The molecule has 5 nitrogen and oxygen atoms in total. The Labute approximate surface area is 112 Å². The molecule has 0 aromatic heterocycles. The van der Waals surface area contributed by atoms with E-state index in [-0.39, 0.29) is 24.8 Å². The molecule has 2 N–H and O–H groups in total. The van der Waals surface area contributed by atoms with Gasteiger partial charge in [0.2, 0.25) is 11.8 Å². The van der Waals surface area contributed by atoms with Crippen molar-refractivity contribution in [2.45, 2.75) is 25.8 Å². The summed E-state index contributed by atoms with van der Waals surface area (Å²) >= 11 is 0. The highest BCUT2D eigenvalue weighted by Crippen LogP contribution is 2.24. The third-order valence-electron chi connectivity index (χ3n) is 3.24. The first-order valence-electron chi connectivity index (χ1n) is 6.36. The van der Waals surface area contributed by atoms with Gasteiger partial charge in [0.15, 0.2) is 0 Å². The SMILES string of the molecule is CN(Cc1ccc2c(c1)CCC(=O)N2)C(=O)CCO. The molecule has 0 radical (unpaired) electrons. The maximum Gasteiger partial charge on any atom is 0.224 e. The molecular formula is C14H18N2O3. The highest BCUT2D eigenvalue weighted by Gasteiger charge is 2.15. The van der Waals surface area contributed by atoms with Crippen molar-refractivity contribution in [3.8, 4) is 0 Å². The molecular weight excluding hydrogens is 244 g/mol. The summed E-state index contributed by atoms with van der Waals surface area (Å²) in [7, 11) is 1.72. The summed E-state index contributed by atoms with van der Waals surface area (Å²) in [6, 6.07) is 5.82. The zero-order valence-electron chi connectivity index (χ0n) is 11.0. The van der Waals surface area contributed by atoms with Gasteiger partial charge in [-0.15, -0.1) is 0 Å². The van der Waals surface area contributed by atoms with Crippen LogP contribution in [0.5, 0.6) is 0 Å². The van der Waals surface area contributed by atoms with E-state index < -0.39 is 0 Å². The van der Waals surface area contributed by atoms with E-state index in [1.165, 1.54) is 0 Å². The van der Waals surface area contributed by atoms with E-state index >= 15 is 0 Å². The number of hydrogen-bond acceptors (Lipinski definition) is 3. The summed E-state index contributed by atoms with van der Waals surface area (Å²) < 4.78 is 0. The zero-order chi connectivity index (χ0) is 13.8. The van der Waals surface area contributed by atoms with Crippen molar-refractivity contribution < 1.29 is 14.7 Å². The minimum absolute atomic E-state index is 0.0514. The molecule has 2 amide bonds. The number of nitrogens with one attached hydrogen (secondary N) is 1. The number of benzene rings is 1. The average molecular weight is 262 g/mol. The standard InChI is InChI=1S/C14H18N2O3/c1-16(14(19)6-7-17)9-10-2-4-12-11(8-10)3-5-13(18)15-12/h2,4,8,17H,3,5-7,9H2,1H3,(H,15,18). The number of carbonyl (C=O) groups excluding carboxylic acids is 2. The van der Waals surface area contributed by atoms with Crippen LogP contribution >= 0.6 is 0 Å². The van der Waals surface area contributed by atoms with Crippen LogP contribution in [0.4, 0.5) is 5.69 Å². The first kappa shape index (κ1) is 13.5. The lowest BCUT2D eigenvalue weighted by molar-refractivity contribution is -0.131. The summed E-state index contributed by atoms with van der Waals surface area (Å²) in [6.45, 7) is 0.388. The quantitative estimate of drug-likeness (QED) is 0.847. The van der Waals surface area contributed by atoms with Crippen LogP contribution in [0.3, 0.4) is 0 Å². The maximum atomic E-state index is 11.6. The van der Waals surface area contributed by atoms with Crippen molar-refractivity contribution in [2.75, 3.05) is 19.0 Å². The predicted molar refractivity (Wildman–Crippen MR) is 71.6 cm³/mol. The predicted octanol–water partition coefficient (Wildman–Crippen LogP) is 0.912. The second-order valence-electron chi connectivity index (χ2n) is 4.76. The van der Waals surface area contributed by atoms with Crippen LogP contribution in [0.2, 0.25) is 0 Å². The van der Waals surface area contributed by atoms with Crippen LogP contribution in [-0.2, 0) is 22.6 Å². The van der Waals surface area contributed by atoms with Crippen molar-refractivity contribution in [3.05, 3.63) is 29.3 Å². The fourth-order valence-electron chi connectivity index (χ4n) is 2.18. The smallest absolute Gasteiger partial charge is 0.224 e. The highest BCUT2D eigenvalue weighted by molar-refractivity contribution is 5.93. The van der Waals surface area contributed by atoms with Crippen molar-refractivity contribution in [1.82, 2.24) is 4.90 Å². The summed E-state index contributed by atoms with van der Waals surface area (Å²) in [6.07, 6.45) is 1.40. The minimum Gasteiger partial charge on any atom is -0.396 e. The van der Waals surface area contributed by atoms with Gasteiger partial charge in [-0.1, -0.05) is 12.1 Å². The van der Waals surface area contributed by atoms with E-state index in [9.17, 15) is 9.59 Å². The Morgan fingerprint density at radius 3 is 2.95 bits per heavy atom. The number of aliphatic hydroxyl groups is 1. The molecule has 102 valence electrons. The molecule has 1 aliphatic heterocycles. The van der Waals surface area contributed by atoms with Crippen LogP contribution in [0.15, 0.2) is 18.2 Å². The number of anilines is 1. The fraction of sp³-hybridized carbons (Fsp3) is 0.429. The maximum absolute atomic E-state index is 11.6. The number of fused-ring (bicyclic) bond motifs is 1. The minimum atomic E-state index is -0.126. The van der Waals surface area contributed by atoms with Gasteiger partial charge >= 0.3 is 0 Å². The normalized spacial score (nSPS) is 13.7. The van der Waals surface area contributed by atoms with Gasteiger partial charge in [0.05, 0.1) is 6.61 Å². The fourth-order valence-corrected chi connectivity index (χ4v) is 2.18. The molecule has 1 aromatic carbocycles. The molecule has 1 aliphatic rings. The summed E-state index contributed by atoms with van der Waals surface area (Å²) in [5.41, 5.74) is 3.01. The number of hydrogen-bond donors (Lipinski definition) is 2. The lowest BCUT2D eigenvalue weighted by Gasteiger charge is -2.20. The molecule has 0 fully saturated rings. The topological polar surface area (TPSA) is 69.6 Å². The molecule has 5 heteroatoms. The molecule has 2 rings (SSSR count). The molecule has 0 unspecified atom stereocenters. The van der Waals surface area contributed by atoms with Crippen LogP contribution in [0.25, 0.3) is 0 Å². The van der Waals surface area contributed by atoms with Gasteiger partial charge in [-0.3, -0.25) is 9.59 Å². The number of carbonyl (C=O) groups is 2. The van der Waals surface area contributed by atoms with Gasteiger partial charge in [0.1, 0.15) is 0 Å². The highest BCUT2D eigenvalue weighted by atomic mass is 16.3. The van der Waals surface area contributed by atoms with Gasteiger partial charge in [0.25, 0.3) is 0 Å². The van der Waals surface area contributed by atoms with Gasteiger partial charge in [-0.25, -0.2) is 0 Å². The summed E-state index contributed by atoms with van der Waals surface area (Å²) in [4.78, 5) is 24.4. The van der Waals surface area contributed by atoms with Gasteiger partial charge in [0, 0.05) is 32.1 Å². The molecule has 0 spiro atoms. The Kier molecular flexibility index (Phi) is 4.16. The zero-order valence-corrected chi connectivity index (χ0v) is 11.0. The van der Waals surface area contributed by atoms with E-state index in [1.807, 2.05) is 18.2 Å². The summed E-state index contributed by atoms with van der Waals surface area (Å²) in [5.74, 6) is -0.0241. The third-order valence-corrected chi connectivity index (χ3v) is 3.24. The summed E-state index contributed by atoms with van der Waals surface area (Å²) in [5, 5.41) is 11.6. The van der Waals surface area contributed by atoms with Crippen LogP contribution in [0, 0.1) is 0 Å². The van der Waals surface area contributed by atoms with E-state index in [1.54, 1.807) is 11.9 Å².